The Balaban J connectivity index is 0.000000490. The molecule has 0 aromatic rings. The number of hydrogen-bond acceptors (Lipinski definition) is 2. The van der Waals surface area contributed by atoms with Crippen molar-refractivity contribution in [1.29, 1.82) is 0 Å². The molecule has 2 N–H and O–H groups in total. The van der Waals surface area contributed by atoms with E-state index in [2.05, 4.69) is 0 Å². The lowest BCUT2D eigenvalue weighted by Gasteiger charge is -1.99. The van der Waals surface area contributed by atoms with E-state index in [4.69, 9.17) is 5.84 Å². The van der Waals surface area contributed by atoms with Crippen LogP contribution in [0.3, 0.4) is 0 Å². The molecule has 0 spiro atoms. The van der Waals surface area contributed by atoms with Gasteiger partial charge in [-0.1, -0.05) is 0 Å². The predicted molar refractivity (Wildman–Crippen MR) is 33.9 cm³/mol. The SMILES string of the molecule is Cl.NN(P=O)C1CC1. The third-order valence-electron chi connectivity index (χ3n) is 1.02. The van der Waals surface area contributed by atoms with Crippen LogP contribution >= 0.6 is 21.0 Å². The fourth-order valence-electron chi connectivity index (χ4n) is 0.406. The van der Waals surface area contributed by atoms with E-state index >= 15 is 0 Å². The Morgan fingerprint density at radius 3 is 2.25 bits per heavy atom. The Labute approximate surface area is 55.9 Å². The van der Waals surface area contributed by atoms with Crippen molar-refractivity contribution in [3.8, 4) is 0 Å². The highest BCUT2D eigenvalue weighted by atomic mass is 35.5. The molecule has 0 unspecified atom stereocenters. The Morgan fingerprint density at radius 2 is 2.12 bits per heavy atom. The molecule has 1 aliphatic carbocycles. The molecule has 0 bridgehead atoms. The minimum Gasteiger partial charge on any atom is -0.258 e. The largest absolute Gasteiger partial charge is 0.264 e. The van der Waals surface area contributed by atoms with Crippen LogP contribution in [0.2, 0.25) is 0 Å². The van der Waals surface area contributed by atoms with Crippen molar-refractivity contribution in [2.45, 2.75) is 18.9 Å². The second kappa shape index (κ2) is 3.36. The van der Waals surface area contributed by atoms with Gasteiger partial charge >= 0.3 is 0 Å². The summed E-state index contributed by atoms with van der Waals surface area (Å²) in [6, 6.07) is 0.402. The van der Waals surface area contributed by atoms with Crippen LogP contribution in [0.5, 0.6) is 0 Å². The van der Waals surface area contributed by atoms with Crippen LogP contribution in [-0.2, 0) is 4.57 Å². The van der Waals surface area contributed by atoms with Gasteiger partial charge in [-0.2, -0.15) is 4.78 Å². The summed E-state index contributed by atoms with van der Waals surface area (Å²) in [5, 5.41) is 0. The normalized spacial score (nSPS) is 18.8. The highest BCUT2D eigenvalue weighted by molar-refractivity contribution is 7.20. The molecule has 0 amide bonds. The molecule has 0 aromatic carbocycles. The van der Waals surface area contributed by atoms with E-state index < -0.39 is 0 Å². The van der Waals surface area contributed by atoms with Gasteiger partial charge in [0.1, 0.15) is 0 Å². The molecule has 5 heteroatoms. The van der Waals surface area contributed by atoms with Crippen molar-refractivity contribution in [3.63, 3.8) is 0 Å². The second-order valence-corrected chi connectivity index (χ2v) is 2.32. The first-order valence-corrected chi connectivity index (χ1v) is 2.98. The standard InChI is InChI=1S/C3H7N2OP.ClH/c4-5(7-6)3-1-2-3;/h3H,1-2,4H2;1H. The third-order valence-corrected chi connectivity index (χ3v) is 1.53. The maximum absolute atomic E-state index is 9.88. The Hall–Kier alpha value is 0.310. The van der Waals surface area contributed by atoms with E-state index in [-0.39, 0.29) is 21.0 Å². The summed E-state index contributed by atoms with van der Waals surface area (Å²) in [5.74, 6) is 5.19. The first-order valence-electron chi connectivity index (χ1n) is 2.22. The fraction of sp³-hybridized carbons (Fsp3) is 1.00. The molecule has 0 aliphatic heterocycles. The van der Waals surface area contributed by atoms with E-state index in [9.17, 15) is 4.57 Å². The lowest BCUT2D eigenvalue weighted by atomic mass is 10.8. The molecule has 0 aromatic heterocycles. The van der Waals surface area contributed by atoms with E-state index in [1.54, 1.807) is 0 Å². The van der Waals surface area contributed by atoms with Crippen LogP contribution in [0, 0.1) is 0 Å². The third kappa shape index (κ3) is 2.05. The van der Waals surface area contributed by atoms with Crippen LogP contribution in [0.25, 0.3) is 0 Å². The number of rotatable bonds is 2. The van der Waals surface area contributed by atoms with Gasteiger partial charge in [-0.05, 0) is 12.8 Å². The molecule has 3 nitrogen and oxygen atoms in total. The summed E-state index contributed by atoms with van der Waals surface area (Å²) in [6.07, 6.45) is 2.21. The van der Waals surface area contributed by atoms with Gasteiger partial charge in [0.05, 0.1) is 0 Å². The summed E-state index contributed by atoms with van der Waals surface area (Å²) < 4.78 is 11.2. The van der Waals surface area contributed by atoms with E-state index in [1.807, 2.05) is 0 Å². The highest BCUT2D eigenvalue weighted by Gasteiger charge is 2.26. The highest BCUT2D eigenvalue weighted by Crippen LogP contribution is 2.27. The first kappa shape index (κ1) is 8.31. The summed E-state index contributed by atoms with van der Waals surface area (Å²) in [5.41, 5.74) is 0. The van der Waals surface area contributed by atoms with Crippen molar-refractivity contribution in [1.82, 2.24) is 4.78 Å². The van der Waals surface area contributed by atoms with Crippen LogP contribution in [0.15, 0.2) is 0 Å². The van der Waals surface area contributed by atoms with Gasteiger partial charge in [-0.3, -0.25) is 10.4 Å². The predicted octanol–water partition coefficient (Wildman–Crippen LogP) is 0.953. The maximum atomic E-state index is 9.88. The molecule has 1 rings (SSSR count). The van der Waals surface area contributed by atoms with Crippen LogP contribution < -0.4 is 5.84 Å². The quantitative estimate of drug-likeness (QED) is 0.366. The topological polar surface area (TPSA) is 46.3 Å². The number of nitrogens with two attached hydrogens (primary N) is 1. The maximum Gasteiger partial charge on any atom is 0.264 e. The van der Waals surface area contributed by atoms with Gasteiger partial charge in [0.15, 0.2) is 0 Å². The zero-order chi connectivity index (χ0) is 5.28. The lowest BCUT2D eigenvalue weighted by molar-refractivity contribution is 0.447. The van der Waals surface area contributed by atoms with Crippen molar-refractivity contribution in [3.05, 3.63) is 0 Å². The molecule has 0 saturated heterocycles. The summed E-state index contributed by atoms with van der Waals surface area (Å²) >= 11 is 0. The van der Waals surface area contributed by atoms with Crippen molar-refractivity contribution < 1.29 is 4.57 Å². The van der Waals surface area contributed by atoms with Crippen LogP contribution in [-0.4, -0.2) is 10.8 Å². The Morgan fingerprint density at radius 1 is 1.62 bits per heavy atom. The van der Waals surface area contributed by atoms with E-state index in [0.29, 0.717) is 6.04 Å². The molecule has 0 atom stereocenters. The number of hydrazine groups is 1. The summed E-state index contributed by atoms with van der Waals surface area (Å²) in [7, 11) is -0.0540. The Bertz CT molecular complexity index is 87.4. The molecule has 8 heavy (non-hydrogen) atoms. The number of halogens is 1. The van der Waals surface area contributed by atoms with Crippen molar-refractivity contribution >= 4 is 21.0 Å². The van der Waals surface area contributed by atoms with Gasteiger partial charge in [0, 0.05) is 6.04 Å². The Kier molecular flexibility index (Phi) is 3.49. The zero-order valence-corrected chi connectivity index (χ0v) is 5.99. The van der Waals surface area contributed by atoms with Gasteiger partial charge in [-0.25, -0.2) is 0 Å². The van der Waals surface area contributed by atoms with Gasteiger partial charge < -0.3 is 0 Å². The smallest absolute Gasteiger partial charge is 0.258 e. The molecular weight excluding hydrogens is 146 g/mol. The van der Waals surface area contributed by atoms with Gasteiger partial charge in [0.2, 0.25) is 0 Å². The molecule has 1 aliphatic rings. The first-order chi connectivity index (χ1) is 3.34. The molecule has 1 saturated carbocycles. The average molecular weight is 155 g/mol. The van der Waals surface area contributed by atoms with Crippen molar-refractivity contribution in [2.24, 2.45) is 5.84 Å². The molecule has 0 heterocycles. The van der Waals surface area contributed by atoms with Crippen LogP contribution in [0.1, 0.15) is 12.8 Å². The van der Waals surface area contributed by atoms with E-state index in [1.165, 1.54) is 4.78 Å². The molecule has 1 fully saturated rings. The van der Waals surface area contributed by atoms with Gasteiger partial charge in [0.25, 0.3) is 8.61 Å². The van der Waals surface area contributed by atoms with Crippen LogP contribution in [0.4, 0.5) is 0 Å². The fourth-order valence-corrected chi connectivity index (χ4v) is 0.770. The number of hydrogen-bond donors (Lipinski definition) is 1. The number of nitrogens with zero attached hydrogens (tertiary/aromatic N) is 1. The lowest BCUT2D eigenvalue weighted by Crippen LogP contribution is -2.21. The molecular formula is C3H8ClN2OP. The summed E-state index contributed by atoms with van der Waals surface area (Å²) in [4.78, 5) is 0. The average Bonchev–Trinajstić information content (AvgIpc) is 2.44. The van der Waals surface area contributed by atoms with Crippen molar-refractivity contribution in [2.75, 3.05) is 0 Å². The minimum atomic E-state index is -0.0540. The monoisotopic (exact) mass is 154 g/mol. The van der Waals surface area contributed by atoms with E-state index in [0.717, 1.165) is 12.8 Å². The molecule has 0 radical (unpaired) electrons. The molecule has 48 valence electrons. The summed E-state index contributed by atoms with van der Waals surface area (Å²) in [6.45, 7) is 0. The zero-order valence-electron chi connectivity index (χ0n) is 4.28. The minimum absolute atomic E-state index is 0. The second-order valence-electron chi connectivity index (χ2n) is 1.69. The van der Waals surface area contributed by atoms with Gasteiger partial charge in [-0.15, -0.1) is 12.4 Å².